The molecule has 0 aromatic heterocycles. The van der Waals surface area contributed by atoms with Gasteiger partial charge in [-0.2, -0.15) is 13.2 Å². The van der Waals surface area contributed by atoms with E-state index in [4.69, 9.17) is 0 Å². The van der Waals surface area contributed by atoms with Crippen molar-refractivity contribution in [2.24, 2.45) is 0 Å². The molecule has 0 radical (unpaired) electrons. The predicted molar refractivity (Wildman–Crippen MR) is 66.2 cm³/mol. The summed E-state index contributed by atoms with van der Waals surface area (Å²) in [6.07, 6.45) is -7.18. The molecule has 0 aliphatic carbocycles. The van der Waals surface area contributed by atoms with E-state index in [9.17, 15) is 28.2 Å². The fraction of sp³-hybridized carbons (Fsp3) is 0.417. The average molecular weight is 341 g/mol. The summed E-state index contributed by atoms with van der Waals surface area (Å²) in [4.78, 5) is 11.1. The van der Waals surface area contributed by atoms with Gasteiger partial charge in [0, 0.05) is 10.9 Å². The third kappa shape index (κ3) is 4.29. The molecule has 1 aromatic rings. The lowest BCUT2D eigenvalue weighted by molar-refractivity contribution is -0.0885. The Morgan fingerprint density at radius 1 is 1.32 bits per heavy atom. The Balaban J connectivity index is 2.97. The van der Waals surface area contributed by atoms with E-state index in [1.54, 1.807) is 0 Å². The van der Waals surface area contributed by atoms with Crippen LogP contribution in [0.1, 0.15) is 28.4 Å². The van der Waals surface area contributed by atoms with Crippen LogP contribution in [-0.4, -0.2) is 33.6 Å². The first-order chi connectivity index (χ1) is 8.77. The maximum absolute atomic E-state index is 12.3. The average Bonchev–Trinajstić information content (AvgIpc) is 2.36. The van der Waals surface area contributed by atoms with Crippen molar-refractivity contribution in [3.05, 3.63) is 35.4 Å². The Morgan fingerprint density at radius 2 is 1.95 bits per heavy atom. The lowest BCUT2D eigenvalue weighted by Gasteiger charge is -2.18. The molecule has 0 aliphatic heterocycles. The SMILES string of the molecule is O=C(c1cccc(C(O)C(O)CCBr)c1)C(F)(F)F. The second-order valence-electron chi connectivity index (χ2n) is 3.94. The Hall–Kier alpha value is -0.920. The topological polar surface area (TPSA) is 57.5 Å². The molecule has 1 rings (SSSR count). The Morgan fingerprint density at radius 3 is 2.47 bits per heavy atom. The molecule has 0 bridgehead atoms. The number of halogens is 4. The first-order valence-corrected chi connectivity index (χ1v) is 6.53. The van der Waals surface area contributed by atoms with Crippen molar-refractivity contribution in [2.45, 2.75) is 24.8 Å². The molecule has 2 atom stereocenters. The van der Waals surface area contributed by atoms with Crippen LogP contribution in [0.2, 0.25) is 0 Å². The van der Waals surface area contributed by atoms with E-state index in [1.165, 1.54) is 12.1 Å². The first-order valence-electron chi connectivity index (χ1n) is 5.41. The molecule has 1 aromatic carbocycles. The van der Waals surface area contributed by atoms with Gasteiger partial charge in [-0.15, -0.1) is 0 Å². The van der Waals surface area contributed by atoms with E-state index >= 15 is 0 Å². The number of Topliss-reactive ketones (excluding diaryl/α,β-unsaturated/α-hetero) is 1. The smallest absolute Gasteiger partial charge is 0.390 e. The van der Waals surface area contributed by atoms with E-state index in [1.807, 2.05) is 0 Å². The molecule has 106 valence electrons. The Kier molecular flexibility index (Phi) is 5.51. The molecule has 0 amide bonds. The second-order valence-corrected chi connectivity index (χ2v) is 4.74. The maximum Gasteiger partial charge on any atom is 0.454 e. The molecule has 0 aliphatic rings. The normalized spacial score (nSPS) is 15.1. The van der Waals surface area contributed by atoms with Crippen LogP contribution in [0, 0.1) is 0 Å². The van der Waals surface area contributed by atoms with Gasteiger partial charge in [-0.05, 0) is 18.1 Å². The minimum atomic E-state index is -4.96. The zero-order chi connectivity index (χ0) is 14.6. The maximum atomic E-state index is 12.3. The van der Waals surface area contributed by atoms with Gasteiger partial charge in [-0.3, -0.25) is 4.79 Å². The van der Waals surface area contributed by atoms with Crippen molar-refractivity contribution >= 4 is 21.7 Å². The van der Waals surface area contributed by atoms with E-state index < -0.39 is 29.7 Å². The summed E-state index contributed by atoms with van der Waals surface area (Å²) in [6, 6.07) is 4.55. The van der Waals surface area contributed by atoms with Crippen molar-refractivity contribution in [3.8, 4) is 0 Å². The van der Waals surface area contributed by atoms with Gasteiger partial charge in [0.05, 0.1) is 6.10 Å². The first kappa shape index (κ1) is 16.1. The zero-order valence-corrected chi connectivity index (χ0v) is 11.3. The van der Waals surface area contributed by atoms with Gasteiger partial charge in [0.25, 0.3) is 5.78 Å². The number of aliphatic hydroxyl groups excluding tert-OH is 2. The number of alkyl halides is 4. The number of benzene rings is 1. The summed E-state index contributed by atoms with van der Waals surface area (Å²) in [6.45, 7) is 0. The summed E-state index contributed by atoms with van der Waals surface area (Å²) in [5, 5.41) is 19.8. The van der Waals surface area contributed by atoms with Crippen LogP contribution in [0.5, 0.6) is 0 Å². The molecule has 0 saturated carbocycles. The number of carbonyl (C=O) groups excluding carboxylic acids is 1. The molecular weight excluding hydrogens is 329 g/mol. The molecule has 0 spiro atoms. The van der Waals surface area contributed by atoms with Crippen LogP contribution in [0.25, 0.3) is 0 Å². The van der Waals surface area contributed by atoms with Gasteiger partial charge in [0.2, 0.25) is 0 Å². The van der Waals surface area contributed by atoms with Gasteiger partial charge in [0.15, 0.2) is 0 Å². The highest BCUT2D eigenvalue weighted by atomic mass is 79.9. The quantitative estimate of drug-likeness (QED) is 0.639. The fourth-order valence-corrected chi connectivity index (χ4v) is 1.99. The molecule has 2 unspecified atom stereocenters. The minimum Gasteiger partial charge on any atom is -0.390 e. The van der Waals surface area contributed by atoms with Gasteiger partial charge in [-0.25, -0.2) is 0 Å². The van der Waals surface area contributed by atoms with Gasteiger partial charge in [-0.1, -0.05) is 34.1 Å². The number of hydrogen-bond donors (Lipinski definition) is 2. The third-order valence-electron chi connectivity index (χ3n) is 2.52. The largest absolute Gasteiger partial charge is 0.454 e. The Labute approximate surface area is 116 Å². The van der Waals surface area contributed by atoms with E-state index in [-0.39, 0.29) is 12.0 Å². The molecule has 19 heavy (non-hydrogen) atoms. The summed E-state index contributed by atoms with van der Waals surface area (Å²) < 4.78 is 36.8. The van der Waals surface area contributed by atoms with Crippen molar-refractivity contribution in [1.82, 2.24) is 0 Å². The molecule has 3 nitrogen and oxygen atoms in total. The summed E-state index contributed by atoms with van der Waals surface area (Å²) in [5.74, 6) is -1.98. The molecular formula is C12H12BrF3O3. The number of aliphatic hydroxyl groups is 2. The second kappa shape index (κ2) is 6.49. The molecule has 0 fully saturated rings. The van der Waals surface area contributed by atoms with E-state index in [0.717, 1.165) is 12.1 Å². The van der Waals surface area contributed by atoms with Gasteiger partial charge < -0.3 is 10.2 Å². The monoisotopic (exact) mass is 340 g/mol. The minimum absolute atomic E-state index is 0.0727. The van der Waals surface area contributed by atoms with Crippen LogP contribution < -0.4 is 0 Å². The Bertz CT molecular complexity index is 448. The van der Waals surface area contributed by atoms with Crippen LogP contribution >= 0.6 is 15.9 Å². The lowest BCUT2D eigenvalue weighted by atomic mass is 9.99. The van der Waals surface area contributed by atoms with Gasteiger partial charge in [0.1, 0.15) is 6.10 Å². The van der Waals surface area contributed by atoms with E-state index in [2.05, 4.69) is 15.9 Å². The highest BCUT2D eigenvalue weighted by molar-refractivity contribution is 9.09. The fourth-order valence-electron chi connectivity index (χ4n) is 1.52. The lowest BCUT2D eigenvalue weighted by Crippen LogP contribution is -2.23. The number of rotatable bonds is 5. The standard InChI is InChI=1S/C12H12BrF3O3/c13-5-4-9(17)10(18)7-2-1-3-8(6-7)11(19)12(14,15)16/h1-3,6,9-10,17-18H,4-5H2. The van der Waals surface area contributed by atoms with Crippen LogP contribution in [0.3, 0.4) is 0 Å². The van der Waals surface area contributed by atoms with Crippen LogP contribution in [0.4, 0.5) is 13.2 Å². The van der Waals surface area contributed by atoms with E-state index in [0.29, 0.717) is 5.33 Å². The molecule has 2 N–H and O–H groups in total. The van der Waals surface area contributed by atoms with Crippen molar-refractivity contribution in [1.29, 1.82) is 0 Å². The number of carbonyl (C=O) groups is 1. The van der Waals surface area contributed by atoms with Crippen molar-refractivity contribution in [2.75, 3.05) is 5.33 Å². The van der Waals surface area contributed by atoms with Crippen LogP contribution in [-0.2, 0) is 0 Å². The molecule has 7 heteroatoms. The summed E-state index contributed by atoms with van der Waals surface area (Å²) in [7, 11) is 0. The van der Waals surface area contributed by atoms with Gasteiger partial charge >= 0.3 is 6.18 Å². The third-order valence-corrected chi connectivity index (χ3v) is 2.97. The van der Waals surface area contributed by atoms with Crippen molar-refractivity contribution in [3.63, 3.8) is 0 Å². The number of hydrogen-bond acceptors (Lipinski definition) is 3. The highest BCUT2D eigenvalue weighted by Gasteiger charge is 2.39. The summed E-state index contributed by atoms with van der Waals surface area (Å²) in [5.41, 5.74) is -0.487. The molecule has 0 heterocycles. The predicted octanol–water partition coefficient (Wildman–Crippen LogP) is 2.61. The van der Waals surface area contributed by atoms with Crippen LogP contribution in [0.15, 0.2) is 24.3 Å². The van der Waals surface area contributed by atoms with Crippen molar-refractivity contribution < 1.29 is 28.2 Å². The zero-order valence-electron chi connectivity index (χ0n) is 9.69. The number of ketones is 1. The summed E-state index contributed by atoms with van der Waals surface area (Å²) >= 11 is 3.08. The molecule has 0 saturated heterocycles. The highest BCUT2D eigenvalue weighted by Crippen LogP contribution is 2.25.